The van der Waals surface area contributed by atoms with Crippen molar-refractivity contribution in [3.8, 4) is 0 Å². The summed E-state index contributed by atoms with van der Waals surface area (Å²) in [6.45, 7) is 0.817. The Labute approximate surface area is 170 Å². The van der Waals surface area contributed by atoms with Crippen LogP contribution in [0.4, 0.5) is 5.13 Å². The number of aromatic nitrogens is 2. The molecule has 4 bridgehead atoms. The fraction of sp³-hybridized carbons (Fsp3) is 0.842. The SMILES string of the molecule is CS(=O)(=O)N1CCC(C(=O)Nc2nnc(C34CC5CC(CC(C5)C3)C4)s2)CC1. The van der Waals surface area contributed by atoms with Gasteiger partial charge in [-0.15, -0.1) is 10.2 Å². The van der Waals surface area contributed by atoms with E-state index in [9.17, 15) is 13.2 Å². The molecule has 1 aromatic heterocycles. The highest BCUT2D eigenvalue weighted by Gasteiger charge is 2.53. The predicted octanol–water partition coefficient (Wildman–Crippen LogP) is 2.62. The van der Waals surface area contributed by atoms with Crippen molar-refractivity contribution in [2.24, 2.45) is 23.7 Å². The smallest absolute Gasteiger partial charge is 0.229 e. The van der Waals surface area contributed by atoms with Gasteiger partial charge < -0.3 is 5.32 Å². The standard InChI is InChI=1S/C19H28N4O3S2/c1-28(25,26)23-4-2-15(3-5-23)16(24)20-18-22-21-17(27-18)19-9-12-6-13(10-19)8-14(7-12)11-19/h12-15H,2-11H2,1H3,(H,20,22,24). The van der Waals surface area contributed by atoms with Crippen molar-refractivity contribution < 1.29 is 13.2 Å². The van der Waals surface area contributed by atoms with Crippen LogP contribution < -0.4 is 5.32 Å². The number of nitrogens with one attached hydrogen (secondary N) is 1. The molecule has 1 amide bonds. The molecular weight excluding hydrogens is 396 g/mol. The van der Waals surface area contributed by atoms with Crippen molar-refractivity contribution in [1.82, 2.24) is 14.5 Å². The van der Waals surface area contributed by atoms with E-state index in [1.807, 2.05) is 0 Å². The Morgan fingerprint density at radius 2 is 1.64 bits per heavy atom. The number of hydrogen-bond acceptors (Lipinski definition) is 6. The first kappa shape index (κ1) is 18.9. The number of piperidine rings is 1. The fourth-order valence-electron chi connectivity index (χ4n) is 6.52. The molecule has 4 saturated carbocycles. The second kappa shape index (κ2) is 6.74. The molecular formula is C19H28N4O3S2. The summed E-state index contributed by atoms with van der Waals surface area (Å²) >= 11 is 1.56. The van der Waals surface area contributed by atoms with Gasteiger partial charge in [0.2, 0.25) is 21.1 Å². The summed E-state index contributed by atoms with van der Waals surface area (Å²) in [5, 5.41) is 13.5. The lowest BCUT2D eigenvalue weighted by molar-refractivity contribution is -0.120. The molecule has 1 N–H and O–H groups in total. The Morgan fingerprint density at radius 3 is 2.18 bits per heavy atom. The number of rotatable bonds is 4. The number of nitrogens with zero attached hydrogens (tertiary/aromatic N) is 3. The minimum Gasteiger partial charge on any atom is -0.300 e. The maximum absolute atomic E-state index is 12.6. The lowest BCUT2D eigenvalue weighted by Gasteiger charge is -2.55. The van der Waals surface area contributed by atoms with Gasteiger partial charge in [-0.1, -0.05) is 11.3 Å². The molecule has 28 heavy (non-hydrogen) atoms. The van der Waals surface area contributed by atoms with Crippen LogP contribution in [0.1, 0.15) is 56.4 Å². The largest absolute Gasteiger partial charge is 0.300 e. The Kier molecular flexibility index (Phi) is 4.56. The van der Waals surface area contributed by atoms with E-state index in [0.717, 1.165) is 22.8 Å². The van der Waals surface area contributed by atoms with E-state index in [2.05, 4.69) is 15.5 Å². The fourth-order valence-corrected chi connectivity index (χ4v) is 8.36. The van der Waals surface area contributed by atoms with Gasteiger partial charge in [0.25, 0.3) is 0 Å². The van der Waals surface area contributed by atoms with Crippen LogP contribution in [0.5, 0.6) is 0 Å². The molecule has 2 heterocycles. The van der Waals surface area contributed by atoms with Crippen LogP contribution in [-0.4, -0.2) is 48.2 Å². The normalized spacial score (nSPS) is 36.0. The maximum atomic E-state index is 12.6. The molecule has 0 radical (unpaired) electrons. The molecule has 1 aromatic rings. The van der Waals surface area contributed by atoms with Gasteiger partial charge in [0.1, 0.15) is 5.01 Å². The van der Waals surface area contributed by atoms with E-state index in [4.69, 9.17) is 0 Å². The highest BCUT2D eigenvalue weighted by molar-refractivity contribution is 7.88. The summed E-state index contributed by atoms with van der Waals surface area (Å²) in [4.78, 5) is 12.6. The summed E-state index contributed by atoms with van der Waals surface area (Å²) in [6, 6.07) is 0. The van der Waals surface area contributed by atoms with Crippen molar-refractivity contribution in [3.63, 3.8) is 0 Å². The molecule has 5 aliphatic rings. The molecule has 1 aliphatic heterocycles. The third-order valence-electron chi connectivity index (χ3n) is 7.44. The van der Waals surface area contributed by atoms with Crippen molar-refractivity contribution >= 4 is 32.4 Å². The lowest BCUT2D eigenvalue weighted by atomic mass is 9.50. The molecule has 0 unspecified atom stereocenters. The predicted molar refractivity (Wildman–Crippen MR) is 108 cm³/mol. The van der Waals surface area contributed by atoms with E-state index in [0.29, 0.717) is 31.1 Å². The molecule has 4 aliphatic carbocycles. The Balaban J connectivity index is 1.23. The van der Waals surface area contributed by atoms with Gasteiger partial charge >= 0.3 is 0 Å². The second-order valence-electron chi connectivity index (χ2n) is 9.54. The van der Waals surface area contributed by atoms with Gasteiger partial charge in [0.05, 0.1) is 6.26 Å². The number of hydrogen-bond donors (Lipinski definition) is 1. The number of sulfonamides is 1. The van der Waals surface area contributed by atoms with E-state index in [1.54, 1.807) is 11.3 Å². The van der Waals surface area contributed by atoms with Crippen LogP contribution in [0, 0.1) is 23.7 Å². The summed E-state index contributed by atoms with van der Waals surface area (Å²) in [5.74, 6) is 2.35. The zero-order valence-electron chi connectivity index (χ0n) is 16.3. The van der Waals surface area contributed by atoms with Crippen molar-refractivity contribution in [2.45, 2.75) is 56.8 Å². The molecule has 1 saturated heterocycles. The van der Waals surface area contributed by atoms with E-state index < -0.39 is 10.0 Å². The topological polar surface area (TPSA) is 92.3 Å². The van der Waals surface area contributed by atoms with Crippen molar-refractivity contribution in [2.75, 3.05) is 24.7 Å². The monoisotopic (exact) mass is 424 g/mol. The first-order chi connectivity index (χ1) is 13.3. The molecule has 154 valence electrons. The van der Waals surface area contributed by atoms with E-state index in [1.165, 1.54) is 49.1 Å². The van der Waals surface area contributed by atoms with Crippen LogP contribution in [-0.2, 0) is 20.2 Å². The van der Waals surface area contributed by atoms with E-state index in [-0.39, 0.29) is 17.2 Å². The summed E-state index contributed by atoms with van der Waals surface area (Å²) in [7, 11) is -3.17. The van der Waals surface area contributed by atoms with Gasteiger partial charge in [0, 0.05) is 24.4 Å². The number of amides is 1. The molecule has 6 rings (SSSR count). The number of anilines is 1. The van der Waals surface area contributed by atoms with Crippen molar-refractivity contribution in [1.29, 1.82) is 0 Å². The molecule has 9 heteroatoms. The highest BCUT2D eigenvalue weighted by atomic mass is 32.2. The van der Waals surface area contributed by atoms with Gasteiger partial charge in [-0.2, -0.15) is 0 Å². The van der Waals surface area contributed by atoms with E-state index >= 15 is 0 Å². The zero-order valence-corrected chi connectivity index (χ0v) is 17.9. The van der Waals surface area contributed by atoms with Crippen LogP contribution in [0.2, 0.25) is 0 Å². The maximum Gasteiger partial charge on any atom is 0.229 e. The molecule has 0 aromatic carbocycles. The van der Waals surface area contributed by atoms with Crippen LogP contribution in [0.25, 0.3) is 0 Å². The Morgan fingerprint density at radius 1 is 1.07 bits per heavy atom. The highest BCUT2D eigenvalue weighted by Crippen LogP contribution is 2.61. The quantitative estimate of drug-likeness (QED) is 0.802. The number of carbonyl (C=O) groups excluding carboxylic acids is 1. The molecule has 0 atom stereocenters. The molecule has 0 spiro atoms. The average molecular weight is 425 g/mol. The second-order valence-corrected chi connectivity index (χ2v) is 12.5. The third-order valence-corrected chi connectivity index (χ3v) is 9.83. The van der Waals surface area contributed by atoms with Gasteiger partial charge in [-0.25, -0.2) is 12.7 Å². The zero-order chi connectivity index (χ0) is 19.5. The summed E-state index contributed by atoms with van der Waals surface area (Å²) in [6.07, 6.45) is 10.2. The van der Waals surface area contributed by atoms with Crippen LogP contribution >= 0.6 is 11.3 Å². The molecule has 7 nitrogen and oxygen atoms in total. The minimum absolute atomic E-state index is 0.0543. The lowest BCUT2D eigenvalue weighted by Crippen LogP contribution is -2.48. The minimum atomic E-state index is -3.17. The van der Waals surface area contributed by atoms with Gasteiger partial charge in [-0.3, -0.25) is 4.79 Å². The van der Waals surface area contributed by atoms with Crippen molar-refractivity contribution in [3.05, 3.63) is 5.01 Å². The van der Waals surface area contributed by atoms with Crippen LogP contribution in [0.3, 0.4) is 0 Å². The first-order valence-electron chi connectivity index (χ1n) is 10.4. The Hall–Kier alpha value is -1.06. The average Bonchev–Trinajstić information content (AvgIpc) is 3.09. The van der Waals surface area contributed by atoms with Gasteiger partial charge in [0.15, 0.2) is 0 Å². The summed E-state index contributed by atoms with van der Waals surface area (Å²) < 4.78 is 24.7. The Bertz CT molecular complexity index is 838. The van der Waals surface area contributed by atoms with Gasteiger partial charge in [-0.05, 0) is 69.1 Å². The molecule has 5 fully saturated rings. The first-order valence-corrected chi connectivity index (χ1v) is 13.1. The third kappa shape index (κ3) is 3.39. The van der Waals surface area contributed by atoms with Crippen LogP contribution in [0.15, 0.2) is 0 Å². The summed E-state index contributed by atoms with van der Waals surface area (Å²) in [5.41, 5.74) is 0.205. The number of carbonyl (C=O) groups is 1.